The van der Waals surface area contributed by atoms with Gasteiger partial charge in [-0.15, -0.1) is 0 Å². The standard InChI is InChI=1S/C9H14N4O3/c1-5(9(15)16)12-8(14)7(10)6-3-11-13(2)4-6/h3-5,7H,10H2,1-2H3,(H,12,14)(H,15,16)/t5-,7?/m0/s1. The number of carbonyl (C=O) groups excluding carboxylic acids is 1. The maximum atomic E-state index is 11.5. The molecule has 0 aromatic carbocycles. The fraction of sp³-hybridized carbons (Fsp3) is 0.444. The molecule has 16 heavy (non-hydrogen) atoms. The molecule has 1 amide bonds. The lowest BCUT2D eigenvalue weighted by Gasteiger charge is -2.13. The second-order valence-electron chi connectivity index (χ2n) is 3.49. The van der Waals surface area contributed by atoms with Crippen LogP contribution in [0.15, 0.2) is 12.4 Å². The third-order valence-corrected chi connectivity index (χ3v) is 2.10. The molecule has 0 bridgehead atoms. The molecule has 2 atom stereocenters. The van der Waals surface area contributed by atoms with Crippen molar-refractivity contribution in [2.24, 2.45) is 12.8 Å². The van der Waals surface area contributed by atoms with Crippen LogP contribution in [0.5, 0.6) is 0 Å². The lowest BCUT2D eigenvalue weighted by molar-refractivity contribution is -0.141. The van der Waals surface area contributed by atoms with Gasteiger partial charge in [-0.05, 0) is 6.92 Å². The Kier molecular flexibility index (Phi) is 3.62. The zero-order chi connectivity index (χ0) is 12.3. The van der Waals surface area contributed by atoms with Gasteiger partial charge < -0.3 is 16.2 Å². The average molecular weight is 226 g/mol. The Bertz CT molecular complexity index is 401. The maximum Gasteiger partial charge on any atom is 0.325 e. The van der Waals surface area contributed by atoms with Gasteiger partial charge in [0.15, 0.2) is 0 Å². The lowest BCUT2D eigenvalue weighted by Crippen LogP contribution is -2.43. The predicted molar refractivity (Wildman–Crippen MR) is 55.4 cm³/mol. The smallest absolute Gasteiger partial charge is 0.325 e. The van der Waals surface area contributed by atoms with E-state index in [0.29, 0.717) is 5.56 Å². The molecule has 1 rings (SSSR count). The number of aryl methyl sites for hydroxylation is 1. The van der Waals surface area contributed by atoms with Crippen LogP contribution in [0.2, 0.25) is 0 Å². The van der Waals surface area contributed by atoms with Crippen molar-refractivity contribution in [3.05, 3.63) is 18.0 Å². The van der Waals surface area contributed by atoms with Crippen LogP contribution < -0.4 is 11.1 Å². The van der Waals surface area contributed by atoms with Crippen LogP contribution in [0.25, 0.3) is 0 Å². The van der Waals surface area contributed by atoms with E-state index in [-0.39, 0.29) is 0 Å². The van der Waals surface area contributed by atoms with E-state index in [0.717, 1.165) is 0 Å². The molecule has 7 heteroatoms. The van der Waals surface area contributed by atoms with Gasteiger partial charge in [-0.25, -0.2) is 0 Å². The van der Waals surface area contributed by atoms with Crippen molar-refractivity contribution >= 4 is 11.9 Å². The first-order valence-corrected chi connectivity index (χ1v) is 4.69. The Morgan fingerprint density at radius 1 is 1.62 bits per heavy atom. The molecule has 1 unspecified atom stereocenters. The Hall–Kier alpha value is -1.89. The van der Waals surface area contributed by atoms with Crippen LogP contribution in [0, 0.1) is 0 Å². The molecule has 1 aromatic rings. The van der Waals surface area contributed by atoms with Crippen molar-refractivity contribution in [2.45, 2.75) is 19.0 Å². The number of hydrogen-bond acceptors (Lipinski definition) is 4. The summed E-state index contributed by atoms with van der Waals surface area (Å²) in [7, 11) is 1.70. The van der Waals surface area contributed by atoms with E-state index in [9.17, 15) is 9.59 Å². The molecule has 1 heterocycles. The molecule has 1 aromatic heterocycles. The Balaban J connectivity index is 2.64. The van der Waals surface area contributed by atoms with E-state index in [1.807, 2.05) is 0 Å². The Morgan fingerprint density at radius 2 is 2.25 bits per heavy atom. The van der Waals surface area contributed by atoms with E-state index < -0.39 is 24.0 Å². The molecule has 0 radical (unpaired) electrons. The third kappa shape index (κ3) is 2.80. The topological polar surface area (TPSA) is 110 Å². The Morgan fingerprint density at radius 3 is 2.69 bits per heavy atom. The quantitative estimate of drug-likeness (QED) is 0.610. The van der Waals surface area contributed by atoms with Gasteiger partial charge in [0, 0.05) is 18.8 Å². The molecule has 0 saturated carbocycles. The molecule has 7 nitrogen and oxygen atoms in total. The number of amides is 1. The fourth-order valence-electron chi connectivity index (χ4n) is 1.12. The van der Waals surface area contributed by atoms with Gasteiger partial charge in [0.05, 0.1) is 6.20 Å². The van der Waals surface area contributed by atoms with Gasteiger partial charge in [-0.1, -0.05) is 0 Å². The minimum Gasteiger partial charge on any atom is -0.480 e. The minimum absolute atomic E-state index is 0.539. The highest BCUT2D eigenvalue weighted by atomic mass is 16.4. The minimum atomic E-state index is -1.10. The average Bonchev–Trinajstić information content (AvgIpc) is 2.63. The summed E-state index contributed by atoms with van der Waals surface area (Å²) in [5.74, 6) is -1.64. The number of hydrogen-bond donors (Lipinski definition) is 3. The summed E-state index contributed by atoms with van der Waals surface area (Å²) in [6, 6.07) is -1.87. The third-order valence-electron chi connectivity index (χ3n) is 2.10. The van der Waals surface area contributed by atoms with Crippen LogP contribution in [0.1, 0.15) is 18.5 Å². The monoisotopic (exact) mass is 226 g/mol. The van der Waals surface area contributed by atoms with Crippen LogP contribution >= 0.6 is 0 Å². The highest BCUT2D eigenvalue weighted by Gasteiger charge is 2.21. The lowest BCUT2D eigenvalue weighted by atomic mass is 10.1. The molecule has 4 N–H and O–H groups in total. The van der Waals surface area contributed by atoms with E-state index >= 15 is 0 Å². The summed E-state index contributed by atoms with van der Waals surface area (Å²) >= 11 is 0. The molecular formula is C9H14N4O3. The number of aliphatic carboxylic acids is 1. The van der Waals surface area contributed by atoms with Gasteiger partial charge in [0.2, 0.25) is 5.91 Å². The molecule has 0 fully saturated rings. The van der Waals surface area contributed by atoms with Crippen molar-refractivity contribution in [2.75, 3.05) is 0 Å². The van der Waals surface area contributed by atoms with E-state index in [1.165, 1.54) is 17.8 Å². The van der Waals surface area contributed by atoms with Gasteiger partial charge >= 0.3 is 5.97 Å². The Labute approximate surface area is 92.2 Å². The van der Waals surface area contributed by atoms with Gasteiger partial charge in [0.1, 0.15) is 12.1 Å². The predicted octanol–water partition coefficient (Wildman–Crippen LogP) is -0.991. The second-order valence-corrected chi connectivity index (χ2v) is 3.49. The molecule has 88 valence electrons. The normalized spacial score (nSPS) is 14.2. The summed E-state index contributed by atoms with van der Waals surface area (Å²) in [6.45, 7) is 1.37. The van der Waals surface area contributed by atoms with Crippen LogP contribution in [-0.2, 0) is 16.6 Å². The summed E-state index contributed by atoms with van der Waals surface area (Å²) in [5, 5.41) is 14.8. The van der Waals surface area contributed by atoms with Crippen molar-refractivity contribution in [3.8, 4) is 0 Å². The number of carboxylic acids is 1. The number of carboxylic acid groups (broad SMARTS) is 1. The van der Waals surface area contributed by atoms with E-state index in [2.05, 4.69) is 10.4 Å². The highest BCUT2D eigenvalue weighted by molar-refractivity contribution is 5.87. The largest absolute Gasteiger partial charge is 0.480 e. The van der Waals surface area contributed by atoms with Gasteiger partial charge in [0.25, 0.3) is 0 Å². The fourth-order valence-corrected chi connectivity index (χ4v) is 1.12. The first kappa shape index (κ1) is 12.2. The molecule has 0 saturated heterocycles. The van der Waals surface area contributed by atoms with E-state index in [4.69, 9.17) is 10.8 Å². The molecule has 0 aliphatic heterocycles. The van der Waals surface area contributed by atoms with E-state index in [1.54, 1.807) is 13.2 Å². The van der Waals surface area contributed by atoms with Crippen molar-refractivity contribution in [3.63, 3.8) is 0 Å². The number of aromatic nitrogens is 2. The summed E-state index contributed by atoms with van der Waals surface area (Å²) < 4.78 is 1.52. The summed E-state index contributed by atoms with van der Waals surface area (Å²) in [4.78, 5) is 22.1. The van der Waals surface area contributed by atoms with Crippen molar-refractivity contribution in [1.29, 1.82) is 0 Å². The maximum absolute atomic E-state index is 11.5. The molecular weight excluding hydrogens is 212 g/mol. The first-order valence-electron chi connectivity index (χ1n) is 4.69. The number of nitrogens with zero attached hydrogens (tertiary/aromatic N) is 2. The van der Waals surface area contributed by atoms with Crippen molar-refractivity contribution in [1.82, 2.24) is 15.1 Å². The van der Waals surface area contributed by atoms with Crippen molar-refractivity contribution < 1.29 is 14.7 Å². The number of carbonyl (C=O) groups is 2. The van der Waals surface area contributed by atoms with Gasteiger partial charge in [-0.3, -0.25) is 14.3 Å². The molecule has 0 aliphatic carbocycles. The molecule has 0 aliphatic rings. The van der Waals surface area contributed by atoms with Crippen LogP contribution in [-0.4, -0.2) is 32.8 Å². The number of rotatable bonds is 4. The van der Waals surface area contributed by atoms with Crippen LogP contribution in [0.3, 0.4) is 0 Å². The zero-order valence-corrected chi connectivity index (χ0v) is 9.04. The second kappa shape index (κ2) is 4.75. The summed E-state index contributed by atoms with van der Waals surface area (Å²) in [5.41, 5.74) is 6.18. The summed E-state index contributed by atoms with van der Waals surface area (Å²) in [6.07, 6.45) is 3.07. The number of nitrogens with one attached hydrogen (secondary N) is 1. The number of nitrogens with two attached hydrogens (primary N) is 1. The first-order chi connectivity index (χ1) is 7.41. The highest BCUT2D eigenvalue weighted by Crippen LogP contribution is 2.08. The SMILES string of the molecule is C[C@H](NC(=O)C(N)c1cnn(C)c1)C(=O)O. The molecule has 0 spiro atoms. The van der Waals surface area contributed by atoms with Gasteiger partial charge in [-0.2, -0.15) is 5.10 Å². The van der Waals surface area contributed by atoms with Crippen LogP contribution in [0.4, 0.5) is 0 Å². The zero-order valence-electron chi connectivity index (χ0n) is 9.04.